The smallest absolute Gasteiger partial charge is 0.475 e. The van der Waals surface area contributed by atoms with Gasteiger partial charge in [0.05, 0.1) is 10.9 Å². The van der Waals surface area contributed by atoms with Crippen LogP contribution in [0.3, 0.4) is 0 Å². The topological polar surface area (TPSA) is 150 Å². The van der Waals surface area contributed by atoms with E-state index in [1.54, 1.807) is 35.1 Å². The van der Waals surface area contributed by atoms with Crippen LogP contribution in [0.25, 0.3) is 0 Å². The van der Waals surface area contributed by atoms with Crippen molar-refractivity contribution in [1.82, 2.24) is 14.5 Å². The molecule has 2 amide bonds. The van der Waals surface area contributed by atoms with Gasteiger partial charge in [-0.2, -0.15) is 13.2 Å². The molecule has 1 aromatic rings. The molecule has 2 atom stereocenters. The molecule has 2 aliphatic heterocycles. The van der Waals surface area contributed by atoms with Crippen LogP contribution in [0.15, 0.2) is 41.3 Å². The molecule has 14 heteroatoms. The van der Waals surface area contributed by atoms with E-state index in [0.717, 1.165) is 12.8 Å². The van der Waals surface area contributed by atoms with Crippen LogP contribution >= 0.6 is 0 Å². The monoisotopic (exact) mass is 548 g/mol. The van der Waals surface area contributed by atoms with E-state index in [1.807, 2.05) is 6.08 Å². The van der Waals surface area contributed by atoms with E-state index in [9.17, 15) is 31.2 Å². The summed E-state index contributed by atoms with van der Waals surface area (Å²) in [5.74, 6) is -2.86. The van der Waals surface area contributed by atoms with Crippen molar-refractivity contribution in [1.29, 1.82) is 0 Å². The number of carboxylic acid groups (broad SMARTS) is 1. The molecular weight excluding hydrogens is 517 g/mol. The second-order valence-electron chi connectivity index (χ2n) is 8.82. The fourth-order valence-corrected chi connectivity index (χ4v) is 4.95. The Morgan fingerprint density at radius 1 is 1.16 bits per heavy atom. The Hall–Kier alpha value is -2.97. The molecule has 0 spiro atoms. The van der Waals surface area contributed by atoms with E-state index in [4.69, 9.17) is 15.6 Å². The van der Waals surface area contributed by atoms with Gasteiger partial charge in [0.15, 0.2) is 0 Å². The molecule has 2 heterocycles. The first kappa shape index (κ1) is 30.3. The van der Waals surface area contributed by atoms with Crippen LogP contribution in [0.4, 0.5) is 13.2 Å². The minimum absolute atomic E-state index is 0.0757. The van der Waals surface area contributed by atoms with Crippen molar-refractivity contribution >= 4 is 27.8 Å². The summed E-state index contributed by atoms with van der Waals surface area (Å²) in [4.78, 5) is 37.8. The van der Waals surface area contributed by atoms with Crippen molar-refractivity contribution in [3.63, 3.8) is 0 Å². The Labute approximate surface area is 213 Å². The third kappa shape index (κ3) is 9.13. The Kier molecular flexibility index (Phi) is 10.6. The largest absolute Gasteiger partial charge is 0.490 e. The quantitative estimate of drug-likeness (QED) is 0.417. The summed E-state index contributed by atoms with van der Waals surface area (Å²) in [5, 5.41) is 7.12. The number of nitrogens with zero attached hydrogens (tertiary/aromatic N) is 2. The van der Waals surface area contributed by atoms with Gasteiger partial charge in [-0.1, -0.05) is 18.2 Å². The minimum atomic E-state index is -5.08. The number of aliphatic carboxylic acids is 1. The normalized spacial score (nSPS) is 24.2. The molecule has 1 saturated heterocycles. The van der Waals surface area contributed by atoms with Gasteiger partial charge in [0, 0.05) is 38.8 Å². The number of hydrogen-bond acceptors (Lipinski definition) is 6. The second-order valence-corrected chi connectivity index (χ2v) is 10.6. The number of rotatable bonds is 0. The van der Waals surface area contributed by atoms with E-state index < -0.39 is 28.2 Å². The lowest BCUT2D eigenvalue weighted by molar-refractivity contribution is -0.192. The predicted octanol–water partition coefficient (Wildman–Crippen LogP) is 1.59. The molecular formula is C23H31F3N4O6S. The predicted molar refractivity (Wildman–Crippen MR) is 128 cm³/mol. The summed E-state index contributed by atoms with van der Waals surface area (Å²) in [7, 11) is -1.95. The molecule has 2 aliphatic rings. The number of hydrogen-bond donors (Lipinski definition) is 3. The van der Waals surface area contributed by atoms with E-state index in [0.29, 0.717) is 38.0 Å². The lowest BCUT2D eigenvalue weighted by Crippen LogP contribution is -2.44. The molecule has 3 rings (SSSR count). The summed E-state index contributed by atoms with van der Waals surface area (Å²) >= 11 is 0. The number of sulfonamides is 1. The zero-order valence-corrected chi connectivity index (χ0v) is 21.1. The summed E-state index contributed by atoms with van der Waals surface area (Å²) < 4.78 is 59.4. The number of alkyl halides is 3. The van der Waals surface area contributed by atoms with Crippen molar-refractivity contribution in [3.8, 4) is 0 Å². The van der Waals surface area contributed by atoms with E-state index in [-0.39, 0.29) is 29.2 Å². The van der Waals surface area contributed by atoms with Gasteiger partial charge in [-0.25, -0.2) is 17.9 Å². The first-order chi connectivity index (χ1) is 17.2. The number of carbonyl (C=O) groups excluding carboxylic acids is 2. The van der Waals surface area contributed by atoms with Crippen LogP contribution in [0.2, 0.25) is 0 Å². The molecule has 0 aliphatic carbocycles. The highest BCUT2D eigenvalue weighted by atomic mass is 32.2. The van der Waals surface area contributed by atoms with Crippen LogP contribution in [0.5, 0.6) is 0 Å². The van der Waals surface area contributed by atoms with Crippen molar-refractivity contribution in [2.45, 2.75) is 42.8 Å². The fraction of sp³-hybridized carbons (Fsp3) is 0.522. The highest BCUT2D eigenvalue weighted by Crippen LogP contribution is 2.21. The molecule has 0 saturated carbocycles. The molecule has 0 radical (unpaired) electrons. The highest BCUT2D eigenvalue weighted by molar-refractivity contribution is 7.89. The number of carboxylic acids is 1. The lowest BCUT2D eigenvalue weighted by Gasteiger charge is -2.24. The Morgan fingerprint density at radius 3 is 2.49 bits per heavy atom. The van der Waals surface area contributed by atoms with Crippen molar-refractivity contribution in [2.24, 2.45) is 11.7 Å². The zero-order valence-electron chi connectivity index (χ0n) is 20.3. The number of allylic oxidation sites excluding steroid dienone is 1. The SMILES string of the molecule is CN1CC2CCN(C2)C(=O)c2cccc(c2)S(=O)(=O)NC/C=C\CCCC(N)C1=O.O=C(O)C(F)(F)F. The maximum Gasteiger partial charge on any atom is 0.490 e. The maximum atomic E-state index is 12.9. The molecule has 37 heavy (non-hydrogen) atoms. The summed E-state index contributed by atoms with van der Waals surface area (Å²) in [6.45, 7) is 1.82. The van der Waals surface area contributed by atoms with Gasteiger partial charge in [0.25, 0.3) is 5.91 Å². The van der Waals surface area contributed by atoms with Crippen LogP contribution in [-0.2, 0) is 19.6 Å². The maximum absolute atomic E-state index is 12.9. The average Bonchev–Trinajstić information content (AvgIpc) is 3.30. The first-order valence-electron chi connectivity index (χ1n) is 11.6. The number of halogens is 3. The van der Waals surface area contributed by atoms with Gasteiger partial charge in [-0.3, -0.25) is 9.59 Å². The third-order valence-electron chi connectivity index (χ3n) is 5.88. The van der Waals surface area contributed by atoms with E-state index in [1.165, 1.54) is 12.1 Å². The lowest BCUT2D eigenvalue weighted by atomic mass is 10.1. The number of benzene rings is 1. The first-order valence-corrected chi connectivity index (χ1v) is 13.1. The summed E-state index contributed by atoms with van der Waals surface area (Å²) in [5.41, 5.74) is 6.41. The number of nitrogens with one attached hydrogen (secondary N) is 1. The standard InChI is InChI=1S/C21H30N4O4S.C2HF3O2/c1-24-14-16-10-12-25(15-16)20(26)17-7-6-8-18(13-17)30(28,29)23-11-5-3-2-4-9-19(22)21(24)27;3-2(4,5)1(6)7/h3,5-8,13,16,19,23H,2,4,9-12,14-15,22H2,1H3;(H,6,7)/b5-3-;. The zero-order chi connectivity index (χ0) is 27.8. The Bertz CT molecular complexity index is 1110. The van der Waals surface area contributed by atoms with Gasteiger partial charge in [0.1, 0.15) is 0 Å². The van der Waals surface area contributed by atoms with Crippen molar-refractivity contribution in [2.75, 3.05) is 33.2 Å². The van der Waals surface area contributed by atoms with Gasteiger partial charge >= 0.3 is 12.1 Å². The average molecular weight is 549 g/mol. The molecule has 1 fully saturated rings. The number of fused-ring (bicyclic) bond motifs is 4. The number of nitrogens with two attached hydrogens (primary N) is 1. The molecule has 4 bridgehead atoms. The van der Waals surface area contributed by atoms with Crippen LogP contribution in [-0.4, -0.2) is 86.6 Å². The molecule has 2 unspecified atom stereocenters. The highest BCUT2D eigenvalue weighted by Gasteiger charge is 2.38. The number of carbonyl (C=O) groups is 3. The summed E-state index contributed by atoms with van der Waals surface area (Å²) in [6.07, 6.45) is 1.36. The third-order valence-corrected chi connectivity index (χ3v) is 7.30. The second kappa shape index (κ2) is 13.0. The van der Waals surface area contributed by atoms with Crippen LogP contribution in [0.1, 0.15) is 36.0 Å². The van der Waals surface area contributed by atoms with Crippen molar-refractivity contribution in [3.05, 3.63) is 42.0 Å². The van der Waals surface area contributed by atoms with Crippen LogP contribution in [0, 0.1) is 5.92 Å². The number of amides is 2. The van der Waals surface area contributed by atoms with E-state index >= 15 is 0 Å². The summed E-state index contributed by atoms with van der Waals surface area (Å²) in [6, 6.07) is 5.57. The van der Waals surface area contributed by atoms with Gasteiger partial charge < -0.3 is 20.6 Å². The Morgan fingerprint density at radius 2 is 1.84 bits per heavy atom. The van der Waals surface area contributed by atoms with Gasteiger partial charge in [-0.15, -0.1) is 0 Å². The molecule has 10 nitrogen and oxygen atoms in total. The molecule has 0 aromatic heterocycles. The fourth-order valence-electron chi connectivity index (χ4n) is 3.93. The number of likely N-dealkylation sites (N-methyl/N-ethyl adjacent to an activating group) is 1. The minimum Gasteiger partial charge on any atom is -0.475 e. The molecule has 4 N–H and O–H groups in total. The van der Waals surface area contributed by atoms with Crippen molar-refractivity contribution < 1.29 is 41.1 Å². The van der Waals surface area contributed by atoms with Crippen LogP contribution < -0.4 is 10.5 Å². The van der Waals surface area contributed by atoms with E-state index in [2.05, 4.69) is 4.72 Å². The van der Waals surface area contributed by atoms with Gasteiger partial charge in [-0.05, 0) is 49.8 Å². The molecule has 1 aromatic carbocycles. The molecule has 206 valence electrons. The Balaban J connectivity index is 0.000000604. The van der Waals surface area contributed by atoms with Gasteiger partial charge in [0.2, 0.25) is 15.9 Å².